The van der Waals surface area contributed by atoms with Crippen molar-refractivity contribution in [2.45, 2.75) is 20.5 Å². The summed E-state index contributed by atoms with van der Waals surface area (Å²) in [5.41, 5.74) is 2.60. The van der Waals surface area contributed by atoms with Crippen LogP contribution in [-0.4, -0.2) is 12.6 Å². The van der Waals surface area contributed by atoms with Gasteiger partial charge in [0.15, 0.2) is 6.61 Å². The molecule has 0 aliphatic heterocycles. The average Bonchev–Trinajstić information content (AvgIpc) is 2.62. The van der Waals surface area contributed by atoms with E-state index in [4.69, 9.17) is 13.9 Å². The van der Waals surface area contributed by atoms with E-state index in [1.807, 2.05) is 44.2 Å². The molecular weight excluding hydrogens is 320 g/mol. The summed E-state index contributed by atoms with van der Waals surface area (Å²) in [6, 6.07) is 14.2. The molecule has 0 bridgehead atoms. The molecule has 0 atom stereocenters. The number of carbonyl (C=O) groups is 1. The lowest BCUT2D eigenvalue weighted by Crippen LogP contribution is -2.15. The summed E-state index contributed by atoms with van der Waals surface area (Å²) < 4.78 is 15.9. The van der Waals surface area contributed by atoms with Gasteiger partial charge in [-0.3, -0.25) is 0 Å². The molecule has 0 aliphatic carbocycles. The van der Waals surface area contributed by atoms with Gasteiger partial charge in [0.05, 0.1) is 0 Å². The van der Waals surface area contributed by atoms with Crippen molar-refractivity contribution in [3.05, 3.63) is 75.6 Å². The topological polar surface area (TPSA) is 65.7 Å². The molecule has 0 N–H and O–H groups in total. The van der Waals surface area contributed by atoms with Crippen LogP contribution in [0.15, 0.2) is 57.7 Å². The first-order valence-corrected chi connectivity index (χ1v) is 7.91. The van der Waals surface area contributed by atoms with Crippen LogP contribution in [0.2, 0.25) is 0 Å². The number of rotatable bonds is 5. The second-order valence-electron chi connectivity index (χ2n) is 5.74. The highest BCUT2D eigenvalue weighted by molar-refractivity contribution is 5.84. The number of para-hydroxylation sites is 1. The fourth-order valence-corrected chi connectivity index (χ4v) is 2.50. The van der Waals surface area contributed by atoms with Crippen LogP contribution in [0.25, 0.3) is 11.0 Å². The van der Waals surface area contributed by atoms with Gasteiger partial charge in [-0.2, -0.15) is 0 Å². The Labute approximate surface area is 144 Å². The normalized spacial score (nSPS) is 10.6. The molecule has 0 aliphatic rings. The van der Waals surface area contributed by atoms with Crippen LogP contribution in [-0.2, 0) is 16.1 Å². The van der Waals surface area contributed by atoms with Crippen LogP contribution in [0.3, 0.4) is 0 Å². The van der Waals surface area contributed by atoms with Crippen molar-refractivity contribution in [3.8, 4) is 5.75 Å². The monoisotopic (exact) mass is 338 g/mol. The van der Waals surface area contributed by atoms with Gasteiger partial charge >= 0.3 is 11.6 Å². The number of fused-ring (bicyclic) bond motifs is 1. The first kappa shape index (κ1) is 16.8. The lowest BCUT2D eigenvalue weighted by molar-refractivity contribution is -0.147. The molecule has 25 heavy (non-hydrogen) atoms. The third-order valence-corrected chi connectivity index (χ3v) is 4.01. The number of hydrogen-bond donors (Lipinski definition) is 0. The predicted molar refractivity (Wildman–Crippen MR) is 93.7 cm³/mol. The highest BCUT2D eigenvalue weighted by atomic mass is 16.6. The van der Waals surface area contributed by atoms with Gasteiger partial charge in [0, 0.05) is 17.0 Å². The molecule has 0 saturated carbocycles. The molecule has 1 aromatic heterocycles. The second-order valence-corrected chi connectivity index (χ2v) is 5.74. The second kappa shape index (κ2) is 7.21. The lowest BCUT2D eigenvalue weighted by Gasteiger charge is -2.10. The third kappa shape index (κ3) is 3.88. The van der Waals surface area contributed by atoms with Crippen molar-refractivity contribution < 1.29 is 18.7 Å². The molecule has 0 saturated heterocycles. The zero-order valence-electron chi connectivity index (χ0n) is 14.1. The van der Waals surface area contributed by atoms with Crippen LogP contribution in [0, 0.1) is 13.8 Å². The Balaban J connectivity index is 1.72. The van der Waals surface area contributed by atoms with Gasteiger partial charge in [0.1, 0.15) is 17.9 Å². The van der Waals surface area contributed by atoms with Gasteiger partial charge in [-0.15, -0.1) is 0 Å². The van der Waals surface area contributed by atoms with Gasteiger partial charge < -0.3 is 13.9 Å². The third-order valence-electron chi connectivity index (χ3n) is 4.01. The largest absolute Gasteiger partial charge is 0.482 e. The molecule has 2 aromatic carbocycles. The molecule has 0 unspecified atom stereocenters. The maximum Gasteiger partial charge on any atom is 0.344 e. The van der Waals surface area contributed by atoms with E-state index in [9.17, 15) is 9.59 Å². The first-order chi connectivity index (χ1) is 12.0. The van der Waals surface area contributed by atoms with E-state index in [0.717, 1.165) is 16.5 Å². The molecule has 0 radical (unpaired) electrons. The van der Waals surface area contributed by atoms with E-state index >= 15 is 0 Å². The van der Waals surface area contributed by atoms with E-state index in [2.05, 4.69) is 0 Å². The number of aryl methyl sites for hydroxylation is 2. The molecule has 1 heterocycles. The summed E-state index contributed by atoms with van der Waals surface area (Å²) in [4.78, 5) is 23.7. The summed E-state index contributed by atoms with van der Waals surface area (Å²) in [5, 5.41) is 0.763. The Morgan fingerprint density at radius 3 is 2.60 bits per heavy atom. The van der Waals surface area contributed by atoms with Crippen molar-refractivity contribution in [2.75, 3.05) is 6.61 Å². The van der Waals surface area contributed by atoms with Crippen molar-refractivity contribution in [1.29, 1.82) is 0 Å². The van der Waals surface area contributed by atoms with Crippen molar-refractivity contribution in [2.24, 2.45) is 0 Å². The average molecular weight is 338 g/mol. The predicted octanol–water partition coefficient (Wildman–Crippen LogP) is 3.53. The van der Waals surface area contributed by atoms with E-state index in [-0.39, 0.29) is 13.2 Å². The minimum Gasteiger partial charge on any atom is -0.482 e. The molecule has 0 amide bonds. The van der Waals surface area contributed by atoms with Crippen molar-refractivity contribution in [3.63, 3.8) is 0 Å². The number of ether oxygens (including phenoxy) is 2. The summed E-state index contributed by atoms with van der Waals surface area (Å²) >= 11 is 0. The Bertz CT molecular complexity index is 957. The zero-order chi connectivity index (χ0) is 17.8. The van der Waals surface area contributed by atoms with Gasteiger partial charge in [0.2, 0.25) is 0 Å². The van der Waals surface area contributed by atoms with Gasteiger partial charge in [-0.05, 0) is 37.1 Å². The molecule has 0 spiro atoms. The standard InChI is InChI=1S/C20H18O5/c1-13-8-9-17-15(10-18(21)25-20(17)14(13)2)11-24-19(22)12-23-16-6-4-3-5-7-16/h3-10H,11-12H2,1-2H3. The van der Waals surface area contributed by atoms with Crippen LogP contribution in [0.4, 0.5) is 0 Å². The Hall–Kier alpha value is -3.08. The van der Waals surface area contributed by atoms with Crippen LogP contribution < -0.4 is 10.4 Å². The molecule has 3 rings (SSSR count). The quantitative estimate of drug-likeness (QED) is 0.526. The van der Waals surface area contributed by atoms with E-state index in [1.54, 1.807) is 12.1 Å². The molecule has 5 nitrogen and oxygen atoms in total. The van der Waals surface area contributed by atoms with Crippen LogP contribution >= 0.6 is 0 Å². The molecule has 0 fully saturated rings. The maximum absolute atomic E-state index is 11.9. The Morgan fingerprint density at radius 2 is 1.84 bits per heavy atom. The van der Waals surface area contributed by atoms with Crippen molar-refractivity contribution >= 4 is 16.9 Å². The number of hydrogen-bond acceptors (Lipinski definition) is 5. The lowest BCUT2D eigenvalue weighted by atomic mass is 10.0. The molecule has 128 valence electrons. The van der Waals surface area contributed by atoms with Crippen molar-refractivity contribution in [1.82, 2.24) is 0 Å². The molecule has 3 aromatic rings. The van der Waals surface area contributed by atoms with Crippen LogP contribution in [0.1, 0.15) is 16.7 Å². The minimum absolute atomic E-state index is 0.0123. The van der Waals surface area contributed by atoms with Gasteiger partial charge in [-0.1, -0.05) is 30.3 Å². The Morgan fingerprint density at radius 1 is 1.08 bits per heavy atom. The summed E-state index contributed by atoms with van der Waals surface area (Å²) in [6.07, 6.45) is 0. The SMILES string of the molecule is Cc1ccc2c(COC(=O)COc3ccccc3)cc(=O)oc2c1C. The minimum atomic E-state index is -0.505. The number of benzene rings is 2. The summed E-state index contributed by atoms with van der Waals surface area (Å²) in [6.45, 7) is 3.63. The molecular formula is C20H18O5. The number of carbonyl (C=O) groups excluding carboxylic acids is 1. The highest BCUT2D eigenvalue weighted by Crippen LogP contribution is 2.23. The zero-order valence-corrected chi connectivity index (χ0v) is 14.1. The number of esters is 1. The van der Waals surface area contributed by atoms with E-state index < -0.39 is 11.6 Å². The van der Waals surface area contributed by atoms with E-state index in [1.165, 1.54) is 6.07 Å². The Kier molecular flexibility index (Phi) is 4.84. The van der Waals surface area contributed by atoms with E-state index in [0.29, 0.717) is 16.9 Å². The van der Waals surface area contributed by atoms with Crippen LogP contribution in [0.5, 0.6) is 5.75 Å². The van der Waals surface area contributed by atoms with Gasteiger partial charge in [0.25, 0.3) is 0 Å². The highest BCUT2D eigenvalue weighted by Gasteiger charge is 2.12. The maximum atomic E-state index is 11.9. The summed E-state index contributed by atoms with van der Waals surface area (Å²) in [5.74, 6) is 0.0884. The fourth-order valence-electron chi connectivity index (χ4n) is 2.50. The van der Waals surface area contributed by atoms with Gasteiger partial charge in [-0.25, -0.2) is 9.59 Å². The fraction of sp³-hybridized carbons (Fsp3) is 0.200. The summed E-state index contributed by atoms with van der Waals surface area (Å²) in [7, 11) is 0. The molecule has 5 heteroatoms. The first-order valence-electron chi connectivity index (χ1n) is 7.91. The smallest absolute Gasteiger partial charge is 0.344 e.